The molecule has 2 N–H and O–H groups in total. The van der Waals surface area contributed by atoms with Crippen LogP contribution in [-0.2, 0) is 4.79 Å². The predicted molar refractivity (Wildman–Crippen MR) is 80.5 cm³/mol. The Kier molecular flexibility index (Phi) is 6.30. The summed E-state index contributed by atoms with van der Waals surface area (Å²) in [5.41, 5.74) is 0.402. The molecule has 0 aliphatic rings. The molecular formula is C13H19N3O3S. The molecule has 1 atom stereocenters. The van der Waals surface area contributed by atoms with E-state index in [9.17, 15) is 9.59 Å². The Morgan fingerprint density at radius 2 is 2.20 bits per heavy atom. The van der Waals surface area contributed by atoms with Gasteiger partial charge in [0.15, 0.2) is 0 Å². The number of carboxylic acids is 1. The van der Waals surface area contributed by atoms with Gasteiger partial charge in [-0.15, -0.1) is 0 Å². The topological polar surface area (TPSA) is 82.5 Å². The van der Waals surface area contributed by atoms with Crippen molar-refractivity contribution < 1.29 is 14.7 Å². The number of anilines is 1. The predicted octanol–water partition coefficient (Wildman–Crippen LogP) is 1.08. The van der Waals surface area contributed by atoms with Gasteiger partial charge in [0.25, 0.3) is 5.91 Å². The summed E-state index contributed by atoms with van der Waals surface area (Å²) in [6, 6.07) is 2.32. The van der Waals surface area contributed by atoms with Crippen LogP contribution in [0, 0.1) is 0 Å². The minimum atomic E-state index is -1.02. The van der Waals surface area contributed by atoms with Gasteiger partial charge in [0.1, 0.15) is 11.9 Å². The van der Waals surface area contributed by atoms with E-state index in [0.717, 1.165) is 0 Å². The number of pyridine rings is 1. The van der Waals surface area contributed by atoms with Crippen molar-refractivity contribution in [3.63, 3.8) is 0 Å². The van der Waals surface area contributed by atoms with Crippen molar-refractivity contribution in [2.75, 3.05) is 31.0 Å². The average molecular weight is 297 g/mol. The maximum atomic E-state index is 12.1. The smallest absolute Gasteiger partial charge is 0.326 e. The number of aromatic nitrogens is 1. The van der Waals surface area contributed by atoms with E-state index in [-0.39, 0.29) is 0 Å². The summed E-state index contributed by atoms with van der Waals surface area (Å²) in [7, 11) is 3.64. The van der Waals surface area contributed by atoms with E-state index >= 15 is 0 Å². The molecular weight excluding hydrogens is 278 g/mol. The summed E-state index contributed by atoms with van der Waals surface area (Å²) in [6.07, 6.45) is 3.82. The first-order valence-corrected chi connectivity index (χ1v) is 7.51. The monoisotopic (exact) mass is 297 g/mol. The summed E-state index contributed by atoms with van der Waals surface area (Å²) in [5.74, 6) is -0.0942. The second kappa shape index (κ2) is 7.74. The van der Waals surface area contributed by atoms with Crippen molar-refractivity contribution in [2.45, 2.75) is 12.5 Å². The van der Waals surface area contributed by atoms with Crippen LogP contribution >= 0.6 is 11.8 Å². The van der Waals surface area contributed by atoms with E-state index < -0.39 is 17.9 Å². The molecule has 1 amide bonds. The normalized spacial score (nSPS) is 11.8. The lowest BCUT2D eigenvalue weighted by atomic mass is 10.2. The van der Waals surface area contributed by atoms with Crippen molar-refractivity contribution in [1.29, 1.82) is 0 Å². The van der Waals surface area contributed by atoms with E-state index in [0.29, 0.717) is 23.6 Å². The van der Waals surface area contributed by atoms with Crippen LogP contribution in [0.25, 0.3) is 0 Å². The molecule has 0 spiro atoms. The highest BCUT2D eigenvalue weighted by molar-refractivity contribution is 7.98. The fourth-order valence-corrected chi connectivity index (χ4v) is 2.01. The maximum absolute atomic E-state index is 12.1. The number of thioether (sulfide) groups is 1. The fourth-order valence-electron chi connectivity index (χ4n) is 1.54. The van der Waals surface area contributed by atoms with Gasteiger partial charge in [-0.2, -0.15) is 11.8 Å². The average Bonchev–Trinajstić information content (AvgIpc) is 2.42. The summed E-state index contributed by atoms with van der Waals surface area (Å²) in [4.78, 5) is 29.1. The van der Waals surface area contributed by atoms with Gasteiger partial charge in [-0.05, 0) is 30.6 Å². The minimum absolute atomic E-state index is 0.397. The fraction of sp³-hybridized carbons (Fsp3) is 0.462. The molecule has 1 heterocycles. The maximum Gasteiger partial charge on any atom is 0.326 e. The number of rotatable bonds is 7. The molecule has 0 bridgehead atoms. The molecule has 7 heteroatoms. The second-order valence-electron chi connectivity index (χ2n) is 4.44. The molecule has 0 aliphatic carbocycles. The Bertz CT molecular complexity index is 480. The molecule has 6 nitrogen and oxygen atoms in total. The number of nitrogens with zero attached hydrogens (tertiary/aromatic N) is 2. The number of carboxylic acid groups (broad SMARTS) is 1. The zero-order valence-electron chi connectivity index (χ0n) is 11.8. The van der Waals surface area contributed by atoms with E-state index in [1.54, 1.807) is 28.8 Å². The Morgan fingerprint density at radius 1 is 1.50 bits per heavy atom. The minimum Gasteiger partial charge on any atom is -0.480 e. The molecule has 1 aromatic heterocycles. The van der Waals surface area contributed by atoms with Crippen molar-refractivity contribution in [1.82, 2.24) is 10.3 Å². The highest BCUT2D eigenvalue weighted by Crippen LogP contribution is 2.10. The highest BCUT2D eigenvalue weighted by Gasteiger charge is 2.20. The van der Waals surface area contributed by atoms with Crippen molar-refractivity contribution >= 4 is 29.5 Å². The lowest BCUT2D eigenvalue weighted by molar-refractivity contribution is -0.139. The van der Waals surface area contributed by atoms with E-state index in [1.165, 1.54) is 6.20 Å². The molecule has 0 aromatic carbocycles. The molecule has 0 aliphatic heterocycles. The quantitative estimate of drug-likeness (QED) is 0.784. The van der Waals surface area contributed by atoms with Gasteiger partial charge in [0.05, 0.1) is 0 Å². The Labute approximate surface area is 122 Å². The van der Waals surface area contributed by atoms with Crippen LogP contribution in [0.1, 0.15) is 16.8 Å². The molecule has 0 saturated heterocycles. The van der Waals surface area contributed by atoms with E-state index in [2.05, 4.69) is 10.3 Å². The summed E-state index contributed by atoms with van der Waals surface area (Å²) < 4.78 is 0. The lowest BCUT2D eigenvalue weighted by Crippen LogP contribution is -2.41. The van der Waals surface area contributed by atoms with Crippen molar-refractivity contribution in [3.05, 3.63) is 23.9 Å². The molecule has 0 fully saturated rings. The SMILES string of the molecule is CSCC[C@@H](NC(=O)c1ccnc(N(C)C)c1)C(=O)O. The van der Waals surface area contributed by atoms with Crippen molar-refractivity contribution in [2.24, 2.45) is 0 Å². The molecule has 1 aromatic rings. The number of hydrogen-bond donors (Lipinski definition) is 2. The first-order valence-electron chi connectivity index (χ1n) is 6.11. The zero-order valence-corrected chi connectivity index (χ0v) is 12.6. The lowest BCUT2D eigenvalue weighted by Gasteiger charge is -2.15. The van der Waals surface area contributed by atoms with E-state index in [4.69, 9.17) is 5.11 Å². The van der Waals surface area contributed by atoms with Gasteiger partial charge in [-0.1, -0.05) is 0 Å². The highest BCUT2D eigenvalue weighted by atomic mass is 32.2. The van der Waals surface area contributed by atoms with Crippen molar-refractivity contribution in [3.8, 4) is 0 Å². The van der Waals surface area contributed by atoms with Gasteiger partial charge in [-0.25, -0.2) is 9.78 Å². The molecule has 110 valence electrons. The third kappa shape index (κ3) is 4.73. The van der Waals surface area contributed by atoms with Crippen LogP contribution in [-0.4, -0.2) is 54.1 Å². The Morgan fingerprint density at radius 3 is 2.75 bits per heavy atom. The van der Waals surface area contributed by atoms with Gasteiger partial charge < -0.3 is 15.3 Å². The van der Waals surface area contributed by atoms with Crippen LogP contribution in [0.2, 0.25) is 0 Å². The van der Waals surface area contributed by atoms with Gasteiger partial charge in [0.2, 0.25) is 0 Å². The summed E-state index contributed by atoms with van der Waals surface area (Å²) in [5, 5.41) is 11.6. The first-order chi connectivity index (χ1) is 9.45. The van der Waals surface area contributed by atoms with Crippen LogP contribution in [0.4, 0.5) is 5.82 Å². The number of aliphatic carboxylic acids is 1. The third-order valence-corrected chi connectivity index (χ3v) is 3.32. The van der Waals surface area contributed by atoms with Gasteiger partial charge in [-0.3, -0.25) is 4.79 Å². The number of hydrogen-bond acceptors (Lipinski definition) is 5. The number of amides is 1. The number of nitrogens with one attached hydrogen (secondary N) is 1. The third-order valence-electron chi connectivity index (χ3n) is 2.68. The molecule has 0 radical (unpaired) electrons. The zero-order chi connectivity index (χ0) is 15.1. The second-order valence-corrected chi connectivity index (χ2v) is 5.43. The van der Waals surface area contributed by atoms with Gasteiger partial charge in [0, 0.05) is 25.9 Å². The molecule has 20 heavy (non-hydrogen) atoms. The largest absolute Gasteiger partial charge is 0.480 e. The number of carbonyl (C=O) groups excluding carboxylic acids is 1. The number of carbonyl (C=O) groups is 2. The first kappa shape index (κ1) is 16.3. The molecule has 0 unspecified atom stereocenters. The summed E-state index contributed by atoms with van der Waals surface area (Å²) >= 11 is 1.55. The molecule has 1 rings (SSSR count). The van der Waals surface area contributed by atoms with Crippen LogP contribution < -0.4 is 10.2 Å². The summed E-state index contributed by atoms with van der Waals surface area (Å²) in [6.45, 7) is 0. The Hall–Kier alpha value is -1.76. The standard InChI is InChI=1S/C13H19N3O3S/c1-16(2)11-8-9(4-6-14-11)12(17)15-10(13(18)19)5-7-20-3/h4,6,8,10H,5,7H2,1-3H3,(H,15,17)(H,18,19)/t10-/m1/s1. The van der Waals surface area contributed by atoms with Crippen LogP contribution in [0.5, 0.6) is 0 Å². The van der Waals surface area contributed by atoms with Gasteiger partial charge >= 0.3 is 5.97 Å². The van der Waals surface area contributed by atoms with Crippen LogP contribution in [0.3, 0.4) is 0 Å². The Balaban J connectivity index is 2.78. The van der Waals surface area contributed by atoms with E-state index in [1.807, 2.05) is 20.4 Å². The van der Waals surface area contributed by atoms with Crippen LogP contribution in [0.15, 0.2) is 18.3 Å². The molecule has 0 saturated carbocycles.